The number of allylic oxidation sites excluding steroid dienone is 1. The van der Waals surface area contributed by atoms with Crippen LogP contribution < -0.4 is 0 Å². The number of esters is 2. The second-order valence-electron chi connectivity index (χ2n) is 8.79. The molecule has 0 aliphatic carbocycles. The largest absolute Gasteiger partial charge is 0.456 e. The third-order valence-electron chi connectivity index (χ3n) is 6.22. The number of amides is 1. The standard InChI is InChI=1S/C25H17BrN4O7S2/c1-13(31)37-25(26)22(33)29-20(21(32)36-12-14-6-8-16(9-7-14)30(34)35)19(38-23(25)29)10-15-11-28-17-4-2-3-5-18(17)39-24(28)27-15/h2-9,11,23H,10,12H2,1H3. The van der Waals surface area contributed by atoms with Crippen molar-refractivity contribution in [3.63, 3.8) is 0 Å². The van der Waals surface area contributed by atoms with Crippen molar-refractivity contribution in [2.24, 2.45) is 0 Å². The fourth-order valence-electron chi connectivity index (χ4n) is 4.47. The number of imidazole rings is 1. The lowest BCUT2D eigenvalue weighted by molar-refractivity contribution is -0.384. The monoisotopic (exact) mass is 628 g/mol. The predicted molar refractivity (Wildman–Crippen MR) is 146 cm³/mol. The Bertz CT molecular complexity index is 1730. The number of carbonyl (C=O) groups is 3. The van der Waals surface area contributed by atoms with Crippen LogP contribution in [0.3, 0.4) is 0 Å². The number of aromatic nitrogens is 2. The van der Waals surface area contributed by atoms with Crippen molar-refractivity contribution >= 4 is 77.7 Å². The van der Waals surface area contributed by atoms with Crippen LogP contribution in [0.25, 0.3) is 15.2 Å². The molecule has 2 aliphatic rings. The zero-order valence-corrected chi connectivity index (χ0v) is 23.2. The van der Waals surface area contributed by atoms with E-state index in [0.29, 0.717) is 16.2 Å². The van der Waals surface area contributed by atoms with E-state index in [1.165, 1.54) is 47.9 Å². The average Bonchev–Trinajstić information content (AvgIpc) is 3.57. The maximum Gasteiger partial charge on any atom is 0.356 e. The van der Waals surface area contributed by atoms with Gasteiger partial charge in [0.2, 0.25) is 0 Å². The maximum atomic E-state index is 13.3. The Hall–Kier alpha value is -3.75. The molecule has 0 spiro atoms. The van der Waals surface area contributed by atoms with E-state index in [-0.39, 0.29) is 24.4 Å². The van der Waals surface area contributed by atoms with Crippen LogP contribution in [0.15, 0.2) is 65.3 Å². The number of nitro groups is 1. The number of hydrogen-bond donors (Lipinski definition) is 0. The van der Waals surface area contributed by atoms with Crippen LogP contribution in [-0.2, 0) is 36.9 Å². The Morgan fingerprint density at radius 1 is 1.21 bits per heavy atom. The second kappa shape index (κ2) is 9.47. The molecular weight excluding hydrogens is 612 g/mol. The van der Waals surface area contributed by atoms with Crippen LogP contribution in [0.2, 0.25) is 0 Å². The normalized spacial score (nSPS) is 20.3. The van der Waals surface area contributed by atoms with Crippen LogP contribution in [0.1, 0.15) is 18.2 Å². The van der Waals surface area contributed by atoms with Gasteiger partial charge in [0.15, 0.2) is 4.96 Å². The van der Waals surface area contributed by atoms with Gasteiger partial charge < -0.3 is 9.47 Å². The zero-order valence-electron chi connectivity index (χ0n) is 20.0. The number of thioether (sulfide) groups is 1. The molecule has 2 aliphatic heterocycles. The number of non-ortho nitro benzene ring substituents is 1. The fourth-order valence-corrected chi connectivity index (χ4v) is 7.80. The molecule has 4 aromatic rings. The van der Waals surface area contributed by atoms with Crippen molar-refractivity contribution in [2.45, 2.75) is 29.8 Å². The highest BCUT2D eigenvalue weighted by atomic mass is 79.9. The molecule has 0 saturated carbocycles. The first-order chi connectivity index (χ1) is 18.7. The number of thiazole rings is 1. The molecule has 2 aromatic heterocycles. The molecule has 1 amide bonds. The number of nitro benzene ring substituents is 1. The second-order valence-corrected chi connectivity index (χ2v) is 12.1. The number of alkyl halides is 1. The van der Waals surface area contributed by atoms with Crippen LogP contribution in [0.5, 0.6) is 0 Å². The van der Waals surface area contributed by atoms with E-state index in [1.54, 1.807) is 11.3 Å². The molecular formula is C25H17BrN4O7S2. The van der Waals surface area contributed by atoms with Crippen LogP contribution in [0.4, 0.5) is 5.69 Å². The van der Waals surface area contributed by atoms with Crippen LogP contribution >= 0.6 is 39.0 Å². The molecule has 39 heavy (non-hydrogen) atoms. The maximum absolute atomic E-state index is 13.3. The Balaban J connectivity index is 1.29. The van der Waals surface area contributed by atoms with Crippen molar-refractivity contribution < 1.29 is 28.8 Å². The van der Waals surface area contributed by atoms with E-state index in [9.17, 15) is 24.5 Å². The van der Waals surface area contributed by atoms with E-state index >= 15 is 0 Å². The van der Waals surface area contributed by atoms with Gasteiger partial charge in [0.25, 0.3) is 16.1 Å². The number of fused-ring (bicyclic) bond motifs is 4. The first-order valence-corrected chi connectivity index (χ1v) is 14.0. The summed E-state index contributed by atoms with van der Waals surface area (Å²) < 4.78 is 12.3. The van der Waals surface area contributed by atoms with Gasteiger partial charge in [-0.05, 0) is 45.8 Å². The smallest absolute Gasteiger partial charge is 0.356 e. The molecule has 1 fully saturated rings. The molecule has 1 saturated heterocycles. The predicted octanol–water partition coefficient (Wildman–Crippen LogP) is 4.52. The van der Waals surface area contributed by atoms with E-state index in [1.807, 2.05) is 34.9 Å². The molecule has 2 atom stereocenters. The summed E-state index contributed by atoms with van der Waals surface area (Å²) in [7, 11) is 0. The van der Waals surface area contributed by atoms with E-state index in [4.69, 9.17) is 14.5 Å². The van der Waals surface area contributed by atoms with Gasteiger partial charge in [-0.3, -0.25) is 29.0 Å². The van der Waals surface area contributed by atoms with Crippen molar-refractivity contribution in [3.8, 4) is 0 Å². The number of carbonyl (C=O) groups excluding carboxylic acids is 3. The quantitative estimate of drug-likeness (QED) is 0.0951. The molecule has 6 rings (SSSR count). The third-order valence-corrected chi connectivity index (χ3v) is 9.88. The number of ether oxygens (including phenoxy) is 2. The van der Waals surface area contributed by atoms with Gasteiger partial charge in [0.1, 0.15) is 17.7 Å². The van der Waals surface area contributed by atoms with Crippen molar-refractivity contribution in [2.75, 3.05) is 0 Å². The molecule has 11 nitrogen and oxygen atoms in total. The highest BCUT2D eigenvalue weighted by Crippen LogP contribution is 2.56. The highest BCUT2D eigenvalue weighted by Gasteiger charge is 2.68. The van der Waals surface area contributed by atoms with Crippen LogP contribution in [-0.4, -0.2) is 46.9 Å². The first-order valence-electron chi connectivity index (χ1n) is 11.5. The fraction of sp³-hybridized carbons (Fsp3) is 0.200. The molecule has 0 N–H and O–H groups in total. The molecule has 4 heterocycles. The third kappa shape index (κ3) is 4.28. The highest BCUT2D eigenvalue weighted by molar-refractivity contribution is 9.10. The lowest BCUT2D eigenvalue weighted by Crippen LogP contribution is -2.69. The van der Waals surface area contributed by atoms with Gasteiger partial charge >= 0.3 is 11.9 Å². The summed E-state index contributed by atoms with van der Waals surface area (Å²) in [6.07, 6.45) is 2.14. The molecule has 198 valence electrons. The van der Waals surface area contributed by atoms with Crippen LogP contribution in [0, 0.1) is 10.1 Å². The summed E-state index contributed by atoms with van der Waals surface area (Å²) in [4.78, 5) is 55.8. The van der Waals surface area contributed by atoms with Gasteiger partial charge in [-0.15, -0.1) is 0 Å². The van der Waals surface area contributed by atoms with Crippen molar-refractivity contribution in [1.29, 1.82) is 0 Å². The van der Waals surface area contributed by atoms with Gasteiger partial charge in [-0.2, -0.15) is 0 Å². The molecule has 2 aromatic carbocycles. The van der Waals surface area contributed by atoms with Gasteiger partial charge in [0, 0.05) is 36.6 Å². The number of nitrogens with zero attached hydrogens (tertiary/aromatic N) is 4. The SMILES string of the molecule is CC(=O)OC1(Br)C(=O)N2C(C(=O)OCc3ccc([N+](=O)[O-])cc3)=C(Cc3cn4c(n3)sc3ccccc34)SC21. The summed E-state index contributed by atoms with van der Waals surface area (Å²) >= 11 is 6.04. The minimum atomic E-state index is -1.60. The van der Waals surface area contributed by atoms with Crippen molar-refractivity contribution in [3.05, 3.63) is 86.7 Å². The number of β-lactam (4-membered cyclic amide) rings is 1. The molecule has 14 heteroatoms. The summed E-state index contributed by atoms with van der Waals surface area (Å²) in [5.74, 6) is -1.97. The zero-order chi connectivity index (χ0) is 27.5. The average molecular weight is 629 g/mol. The van der Waals surface area contributed by atoms with E-state index in [2.05, 4.69) is 15.9 Å². The van der Waals surface area contributed by atoms with E-state index in [0.717, 1.165) is 15.2 Å². The lowest BCUT2D eigenvalue weighted by Gasteiger charge is -2.47. The summed E-state index contributed by atoms with van der Waals surface area (Å²) in [5, 5.41) is 10.2. The lowest BCUT2D eigenvalue weighted by atomic mass is 10.1. The number of para-hydroxylation sites is 1. The Morgan fingerprint density at radius 2 is 1.95 bits per heavy atom. The Labute approximate surface area is 236 Å². The topological polar surface area (TPSA) is 133 Å². The summed E-state index contributed by atoms with van der Waals surface area (Å²) in [5.41, 5.74) is 2.23. The summed E-state index contributed by atoms with van der Waals surface area (Å²) in [6, 6.07) is 13.6. The molecule has 0 bridgehead atoms. The van der Waals surface area contributed by atoms with E-state index < -0.39 is 32.7 Å². The molecule has 2 unspecified atom stereocenters. The number of hydrogen-bond acceptors (Lipinski definition) is 10. The Morgan fingerprint density at radius 3 is 2.67 bits per heavy atom. The summed E-state index contributed by atoms with van der Waals surface area (Å²) in [6.45, 7) is 1.05. The van der Waals surface area contributed by atoms with Gasteiger partial charge in [0.05, 0.1) is 20.8 Å². The van der Waals surface area contributed by atoms with Gasteiger partial charge in [-0.25, -0.2) is 9.78 Å². The number of rotatable bonds is 7. The first kappa shape index (κ1) is 25.5. The Kier molecular flexibility index (Phi) is 6.19. The van der Waals surface area contributed by atoms with Gasteiger partial charge in [-0.1, -0.05) is 35.2 Å². The number of halogens is 1. The van der Waals surface area contributed by atoms with Crippen molar-refractivity contribution in [1.82, 2.24) is 14.3 Å². The minimum Gasteiger partial charge on any atom is -0.456 e. The molecule has 0 radical (unpaired) electrons. The minimum absolute atomic E-state index is 0.0559. The number of benzene rings is 2.